The van der Waals surface area contributed by atoms with E-state index in [4.69, 9.17) is 29.6 Å². The first-order chi connectivity index (χ1) is 7.61. The van der Waals surface area contributed by atoms with Crippen molar-refractivity contribution in [2.45, 2.75) is 0 Å². The first kappa shape index (κ1) is 12.7. The molecule has 0 radical (unpaired) electrons. The molecule has 0 aromatic carbocycles. The van der Waals surface area contributed by atoms with Crippen LogP contribution < -0.4 is 10.6 Å². The zero-order valence-electron chi connectivity index (χ0n) is 8.13. The lowest BCUT2D eigenvalue weighted by Crippen LogP contribution is -2.28. The van der Waals surface area contributed by atoms with E-state index in [0.29, 0.717) is 6.54 Å². The van der Waals surface area contributed by atoms with Gasteiger partial charge in [0.2, 0.25) is 11.2 Å². The second-order valence-electron chi connectivity index (χ2n) is 2.70. The molecule has 1 aromatic rings. The van der Waals surface area contributed by atoms with Gasteiger partial charge >= 0.3 is 0 Å². The van der Waals surface area contributed by atoms with Gasteiger partial charge in [0, 0.05) is 6.07 Å². The highest BCUT2D eigenvalue weighted by atomic mass is 35.5. The van der Waals surface area contributed by atoms with Crippen molar-refractivity contribution in [2.75, 3.05) is 18.4 Å². The van der Waals surface area contributed by atoms with E-state index in [2.05, 4.69) is 26.5 Å². The SMILES string of the molecule is C#CCNCC(=O)Nc1cc(Cl)nc(Cl)n1. The van der Waals surface area contributed by atoms with Gasteiger partial charge in [-0.25, -0.2) is 9.97 Å². The van der Waals surface area contributed by atoms with Crippen molar-refractivity contribution in [3.05, 3.63) is 16.5 Å². The average Bonchev–Trinajstić information content (AvgIpc) is 2.16. The van der Waals surface area contributed by atoms with Crippen molar-refractivity contribution < 1.29 is 4.79 Å². The van der Waals surface area contributed by atoms with Crippen LogP contribution in [-0.4, -0.2) is 29.0 Å². The van der Waals surface area contributed by atoms with Crippen molar-refractivity contribution in [3.8, 4) is 12.3 Å². The van der Waals surface area contributed by atoms with Gasteiger partial charge in [0.25, 0.3) is 0 Å². The van der Waals surface area contributed by atoms with Crippen LogP contribution in [0.1, 0.15) is 0 Å². The van der Waals surface area contributed by atoms with Crippen molar-refractivity contribution in [3.63, 3.8) is 0 Å². The van der Waals surface area contributed by atoms with Gasteiger partial charge in [0.15, 0.2) is 0 Å². The van der Waals surface area contributed by atoms with Crippen molar-refractivity contribution in [1.82, 2.24) is 15.3 Å². The van der Waals surface area contributed by atoms with Crippen LogP contribution in [0.5, 0.6) is 0 Å². The van der Waals surface area contributed by atoms with Gasteiger partial charge in [0.1, 0.15) is 11.0 Å². The van der Waals surface area contributed by atoms with E-state index in [9.17, 15) is 4.79 Å². The number of halogens is 2. The van der Waals surface area contributed by atoms with Crippen molar-refractivity contribution >= 4 is 34.9 Å². The summed E-state index contributed by atoms with van der Waals surface area (Å²) in [6, 6.07) is 1.40. The number of nitrogens with zero attached hydrogens (tertiary/aromatic N) is 2. The van der Waals surface area contributed by atoms with E-state index >= 15 is 0 Å². The largest absolute Gasteiger partial charge is 0.309 e. The Morgan fingerprint density at radius 1 is 1.50 bits per heavy atom. The molecule has 0 saturated carbocycles. The number of amides is 1. The maximum absolute atomic E-state index is 11.3. The number of carbonyl (C=O) groups is 1. The van der Waals surface area contributed by atoms with Crippen LogP contribution in [0.4, 0.5) is 5.82 Å². The fourth-order valence-corrected chi connectivity index (χ4v) is 1.30. The molecule has 1 aromatic heterocycles. The molecule has 84 valence electrons. The second-order valence-corrected chi connectivity index (χ2v) is 3.43. The summed E-state index contributed by atoms with van der Waals surface area (Å²) in [6.45, 7) is 0.405. The molecule has 2 N–H and O–H groups in total. The van der Waals surface area contributed by atoms with Crippen LogP contribution in [0.2, 0.25) is 10.4 Å². The zero-order valence-corrected chi connectivity index (χ0v) is 9.64. The van der Waals surface area contributed by atoms with Crippen LogP contribution in [-0.2, 0) is 4.79 Å². The molecule has 0 aliphatic rings. The normalized spacial score (nSPS) is 9.56. The summed E-state index contributed by atoms with van der Waals surface area (Å²) in [7, 11) is 0. The summed E-state index contributed by atoms with van der Waals surface area (Å²) in [4.78, 5) is 18.7. The first-order valence-electron chi connectivity index (χ1n) is 4.26. The Labute approximate surface area is 103 Å². The van der Waals surface area contributed by atoms with Gasteiger partial charge in [-0.2, -0.15) is 0 Å². The number of terminal acetylenes is 1. The number of carbonyl (C=O) groups excluding carboxylic acids is 1. The third-order valence-corrected chi connectivity index (χ3v) is 1.81. The minimum absolute atomic E-state index is 0.0283. The van der Waals surface area contributed by atoms with Crippen LogP contribution >= 0.6 is 23.2 Å². The third-order valence-electron chi connectivity index (χ3n) is 1.45. The molecule has 0 aliphatic heterocycles. The number of hydrogen-bond acceptors (Lipinski definition) is 4. The predicted octanol–water partition coefficient (Wildman–Crippen LogP) is 0.945. The fraction of sp³-hybridized carbons (Fsp3) is 0.222. The number of aromatic nitrogens is 2. The summed E-state index contributed by atoms with van der Waals surface area (Å²) in [5, 5.41) is 5.35. The lowest BCUT2D eigenvalue weighted by atomic mass is 10.5. The van der Waals surface area contributed by atoms with Gasteiger partial charge in [-0.1, -0.05) is 17.5 Å². The molecule has 1 rings (SSSR count). The molecule has 1 heterocycles. The Morgan fingerprint density at radius 2 is 2.25 bits per heavy atom. The van der Waals surface area contributed by atoms with Gasteiger partial charge in [0.05, 0.1) is 13.1 Å². The Bertz CT molecular complexity index is 410. The molecule has 0 unspecified atom stereocenters. The van der Waals surface area contributed by atoms with Gasteiger partial charge in [-0.15, -0.1) is 6.42 Å². The lowest BCUT2D eigenvalue weighted by Gasteiger charge is -2.04. The maximum atomic E-state index is 11.3. The molecule has 0 saturated heterocycles. The fourth-order valence-electron chi connectivity index (χ4n) is 0.889. The van der Waals surface area contributed by atoms with Gasteiger partial charge in [-0.05, 0) is 11.6 Å². The third kappa shape index (κ3) is 4.45. The highest BCUT2D eigenvalue weighted by Crippen LogP contribution is 2.13. The quantitative estimate of drug-likeness (QED) is 0.365. The topological polar surface area (TPSA) is 66.9 Å². The average molecular weight is 259 g/mol. The van der Waals surface area contributed by atoms with Crippen LogP contribution in [0, 0.1) is 12.3 Å². The molecule has 0 fully saturated rings. The van der Waals surface area contributed by atoms with Crippen LogP contribution in [0.25, 0.3) is 0 Å². The summed E-state index contributed by atoms with van der Waals surface area (Å²) >= 11 is 11.2. The Kier molecular flexibility index (Phi) is 4.99. The number of nitrogens with one attached hydrogen (secondary N) is 2. The molecule has 7 heteroatoms. The Morgan fingerprint density at radius 3 is 2.88 bits per heavy atom. The zero-order chi connectivity index (χ0) is 12.0. The summed E-state index contributed by atoms with van der Waals surface area (Å²) in [5.74, 6) is 2.30. The number of anilines is 1. The molecule has 0 aliphatic carbocycles. The number of hydrogen-bond donors (Lipinski definition) is 2. The van der Waals surface area contributed by atoms with E-state index < -0.39 is 0 Å². The molecule has 0 atom stereocenters. The van der Waals surface area contributed by atoms with E-state index in [1.807, 2.05) is 0 Å². The van der Waals surface area contributed by atoms with E-state index in [1.54, 1.807) is 0 Å². The minimum Gasteiger partial charge on any atom is -0.309 e. The molecule has 0 bridgehead atoms. The van der Waals surface area contributed by atoms with Gasteiger partial charge in [-0.3, -0.25) is 10.1 Å². The van der Waals surface area contributed by atoms with Crippen molar-refractivity contribution in [2.24, 2.45) is 0 Å². The molecule has 16 heavy (non-hydrogen) atoms. The first-order valence-corrected chi connectivity index (χ1v) is 5.01. The summed E-state index contributed by atoms with van der Waals surface area (Å²) < 4.78 is 0. The van der Waals surface area contributed by atoms with Crippen LogP contribution in [0.15, 0.2) is 6.07 Å². The highest BCUT2D eigenvalue weighted by Gasteiger charge is 2.05. The van der Waals surface area contributed by atoms with Gasteiger partial charge < -0.3 is 5.32 Å². The molecule has 5 nitrogen and oxygen atoms in total. The van der Waals surface area contributed by atoms with Crippen molar-refractivity contribution in [1.29, 1.82) is 0 Å². The highest BCUT2D eigenvalue weighted by molar-refractivity contribution is 6.32. The molecular weight excluding hydrogens is 251 g/mol. The van der Waals surface area contributed by atoms with Crippen LogP contribution in [0.3, 0.4) is 0 Å². The number of rotatable bonds is 4. The minimum atomic E-state index is -0.291. The molecular formula is C9H8Cl2N4O. The monoisotopic (exact) mass is 258 g/mol. The maximum Gasteiger partial charge on any atom is 0.239 e. The Hall–Kier alpha value is -1.35. The van der Waals surface area contributed by atoms with E-state index in [0.717, 1.165) is 0 Å². The second kappa shape index (κ2) is 6.28. The predicted molar refractivity (Wildman–Crippen MR) is 62.4 cm³/mol. The van der Waals surface area contributed by atoms with E-state index in [-0.39, 0.29) is 28.7 Å². The van der Waals surface area contributed by atoms with E-state index in [1.165, 1.54) is 6.07 Å². The Balaban J connectivity index is 2.53. The molecule has 0 spiro atoms. The molecule has 1 amide bonds. The summed E-state index contributed by atoms with van der Waals surface area (Å²) in [6.07, 6.45) is 5.01. The smallest absolute Gasteiger partial charge is 0.239 e. The standard InChI is InChI=1S/C9H8Cl2N4O/c1-2-3-12-5-8(16)14-7-4-6(10)13-9(11)15-7/h1,4,12H,3,5H2,(H,13,14,15,16). The summed E-state index contributed by atoms with van der Waals surface area (Å²) in [5.41, 5.74) is 0. The lowest BCUT2D eigenvalue weighted by molar-refractivity contribution is -0.115.